The van der Waals surface area contributed by atoms with Crippen LogP contribution in [0.2, 0.25) is 0 Å². The molecule has 1 aromatic carbocycles. The van der Waals surface area contributed by atoms with Crippen LogP contribution in [0.4, 0.5) is 0 Å². The average molecular weight is 217 g/mol. The van der Waals surface area contributed by atoms with Crippen molar-refractivity contribution in [3.63, 3.8) is 0 Å². The van der Waals surface area contributed by atoms with Gasteiger partial charge in [-0.25, -0.2) is 0 Å². The minimum absolute atomic E-state index is 0.201. The van der Waals surface area contributed by atoms with Crippen LogP contribution in [-0.4, -0.2) is 15.8 Å². The van der Waals surface area contributed by atoms with Crippen LogP contribution in [0.5, 0.6) is 0 Å². The maximum absolute atomic E-state index is 5.80. The first kappa shape index (κ1) is 11.1. The molecule has 0 radical (unpaired) electrons. The van der Waals surface area contributed by atoms with Gasteiger partial charge >= 0.3 is 0 Å². The number of hydrogen-bond acceptors (Lipinski definition) is 2. The SMILES string of the molecule is CCn1nc2cc(CC(C)N)ccc2c1C. The summed E-state index contributed by atoms with van der Waals surface area (Å²) < 4.78 is 2.04. The van der Waals surface area contributed by atoms with Crippen molar-refractivity contribution in [2.75, 3.05) is 0 Å². The molecule has 0 saturated heterocycles. The Morgan fingerprint density at radius 2 is 2.19 bits per heavy atom. The zero-order valence-corrected chi connectivity index (χ0v) is 10.2. The summed E-state index contributed by atoms with van der Waals surface area (Å²) >= 11 is 0. The number of aryl methyl sites for hydroxylation is 2. The molecule has 1 atom stereocenters. The van der Waals surface area contributed by atoms with E-state index in [1.54, 1.807) is 0 Å². The summed E-state index contributed by atoms with van der Waals surface area (Å²) in [6.07, 6.45) is 0.911. The fraction of sp³-hybridized carbons (Fsp3) is 0.462. The topological polar surface area (TPSA) is 43.8 Å². The maximum atomic E-state index is 5.80. The standard InChI is InChI=1S/C13H19N3/c1-4-16-10(3)12-6-5-11(7-9(2)14)8-13(12)15-16/h5-6,8-9H,4,7,14H2,1-3H3. The highest BCUT2D eigenvalue weighted by Gasteiger charge is 2.07. The summed E-state index contributed by atoms with van der Waals surface area (Å²) in [4.78, 5) is 0. The van der Waals surface area contributed by atoms with E-state index in [2.05, 4.69) is 37.1 Å². The van der Waals surface area contributed by atoms with E-state index in [1.807, 2.05) is 11.6 Å². The molecule has 3 nitrogen and oxygen atoms in total. The zero-order valence-electron chi connectivity index (χ0n) is 10.2. The molecule has 86 valence electrons. The molecule has 1 heterocycles. The molecule has 16 heavy (non-hydrogen) atoms. The van der Waals surface area contributed by atoms with Crippen LogP contribution in [0.1, 0.15) is 25.1 Å². The Balaban J connectivity index is 2.46. The number of rotatable bonds is 3. The van der Waals surface area contributed by atoms with Gasteiger partial charge in [-0.1, -0.05) is 12.1 Å². The van der Waals surface area contributed by atoms with Gasteiger partial charge in [0.05, 0.1) is 5.52 Å². The van der Waals surface area contributed by atoms with Crippen molar-refractivity contribution < 1.29 is 0 Å². The minimum atomic E-state index is 0.201. The third kappa shape index (κ3) is 1.95. The lowest BCUT2D eigenvalue weighted by molar-refractivity contribution is 0.647. The van der Waals surface area contributed by atoms with Gasteiger partial charge in [-0.05, 0) is 38.8 Å². The van der Waals surface area contributed by atoms with E-state index in [4.69, 9.17) is 5.73 Å². The number of hydrogen-bond donors (Lipinski definition) is 1. The lowest BCUT2D eigenvalue weighted by Gasteiger charge is -2.04. The number of nitrogens with two attached hydrogens (primary N) is 1. The summed E-state index contributed by atoms with van der Waals surface area (Å²) in [6, 6.07) is 6.66. The fourth-order valence-electron chi connectivity index (χ4n) is 2.12. The predicted octanol–water partition coefficient (Wildman–Crippen LogP) is 2.25. The highest BCUT2D eigenvalue weighted by Crippen LogP contribution is 2.19. The molecule has 0 bridgehead atoms. The summed E-state index contributed by atoms with van der Waals surface area (Å²) in [6.45, 7) is 7.18. The van der Waals surface area contributed by atoms with E-state index >= 15 is 0 Å². The second-order valence-corrected chi connectivity index (χ2v) is 4.43. The molecule has 1 aromatic heterocycles. The summed E-state index contributed by atoms with van der Waals surface area (Å²) in [5.74, 6) is 0. The van der Waals surface area contributed by atoms with Crippen molar-refractivity contribution in [3.05, 3.63) is 29.5 Å². The first-order valence-corrected chi connectivity index (χ1v) is 5.83. The molecule has 0 aliphatic rings. The lowest BCUT2D eigenvalue weighted by Crippen LogP contribution is -2.17. The van der Waals surface area contributed by atoms with E-state index < -0.39 is 0 Å². The van der Waals surface area contributed by atoms with Crippen molar-refractivity contribution in [1.29, 1.82) is 0 Å². The Kier molecular flexibility index (Phi) is 2.97. The molecular formula is C13H19N3. The van der Waals surface area contributed by atoms with E-state index in [-0.39, 0.29) is 6.04 Å². The number of benzene rings is 1. The van der Waals surface area contributed by atoms with Crippen LogP contribution < -0.4 is 5.73 Å². The molecule has 0 amide bonds. The Morgan fingerprint density at radius 3 is 2.81 bits per heavy atom. The largest absolute Gasteiger partial charge is 0.328 e. The van der Waals surface area contributed by atoms with Gasteiger partial charge in [0.1, 0.15) is 0 Å². The molecule has 0 spiro atoms. The first-order chi connectivity index (χ1) is 7.61. The Bertz CT molecular complexity index is 497. The van der Waals surface area contributed by atoms with Gasteiger partial charge in [0.25, 0.3) is 0 Å². The molecule has 2 aromatic rings. The van der Waals surface area contributed by atoms with E-state index in [0.29, 0.717) is 0 Å². The van der Waals surface area contributed by atoms with Gasteiger partial charge in [-0.3, -0.25) is 4.68 Å². The number of nitrogens with zero attached hydrogens (tertiary/aromatic N) is 2. The van der Waals surface area contributed by atoms with Crippen molar-refractivity contribution in [2.45, 2.75) is 39.8 Å². The van der Waals surface area contributed by atoms with Gasteiger partial charge in [0, 0.05) is 23.7 Å². The third-order valence-electron chi connectivity index (χ3n) is 2.92. The molecule has 0 saturated carbocycles. The monoisotopic (exact) mass is 217 g/mol. The minimum Gasteiger partial charge on any atom is -0.328 e. The van der Waals surface area contributed by atoms with Gasteiger partial charge in [0.2, 0.25) is 0 Å². The van der Waals surface area contributed by atoms with Gasteiger partial charge < -0.3 is 5.73 Å². The second kappa shape index (κ2) is 4.26. The Labute approximate surface area is 96.2 Å². The first-order valence-electron chi connectivity index (χ1n) is 5.83. The Hall–Kier alpha value is -1.35. The summed E-state index contributed by atoms with van der Waals surface area (Å²) in [5, 5.41) is 5.82. The van der Waals surface area contributed by atoms with E-state index in [9.17, 15) is 0 Å². The summed E-state index contributed by atoms with van der Waals surface area (Å²) in [5.41, 5.74) is 9.39. The smallest absolute Gasteiger partial charge is 0.0928 e. The van der Waals surface area contributed by atoms with Crippen LogP contribution in [0.15, 0.2) is 18.2 Å². The third-order valence-corrected chi connectivity index (χ3v) is 2.92. The number of aromatic nitrogens is 2. The van der Waals surface area contributed by atoms with Gasteiger partial charge in [0.15, 0.2) is 0 Å². The molecule has 3 heteroatoms. The normalized spacial score (nSPS) is 13.2. The van der Waals surface area contributed by atoms with Crippen molar-refractivity contribution in [1.82, 2.24) is 9.78 Å². The predicted molar refractivity (Wildman–Crippen MR) is 67.5 cm³/mol. The van der Waals surface area contributed by atoms with E-state index in [1.165, 1.54) is 16.6 Å². The highest BCUT2D eigenvalue weighted by molar-refractivity contribution is 5.82. The van der Waals surface area contributed by atoms with Gasteiger partial charge in [-0.15, -0.1) is 0 Å². The van der Waals surface area contributed by atoms with Crippen LogP contribution in [-0.2, 0) is 13.0 Å². The number of fused-ring (bicyclic) bond motifs is 1. The molecule has 0 aliphatic heterocycles. The molecule has 2 N–H and O–H groups in total. The van der Waals surface area contributed by atoms with Crippen molar-refractivity contribution in [3.8, 4) is 0 Å². The van der Waals surface area contributed by atoms with Crippen LogP contribution in [0.25, 0.3) is 10.9 Å². The van der Waals surface area contributed by atoms with Crippen LogP contribution in [0, 0.1) is 6.92 Å². The molecule has 1 unspecified atom stereocenters. The van der Waals surface area contributed by atoms with Gasteiger partial charge in [-0.2, -0.15) is 5.10 Å². The second-order valence-electron chi connectivity index (χ2n) is 4.43. The van der Waals surface area contributed by atoms with E-state index in [0.717, 1.165) is 18.5 Å². The maximum Gasteiger partial charge on any atom is 0.0928 e. The summed E-state index contributed by atoms with van der Waals surface area (Å²) in [7, 11) is 0. The highest BCUT2D eigenvalue weighted by atomic mass is 15.3. The Morgan fingerprint density at radius 1 is 1.44 bits per heavy atom. The van der Waals surface area contributed by atoms with Crippen molar-refractivity contribution in [2.24, 2.45) is 5.73 Å². The van der Waals surface area contributed by atoms with Crippen LogP contribution in [0.3, 0.4) is 0 Å². The molecular weight excluding hydrogens is 198 g/mol. The van der Waals surface area contributed by atoms with Crippen molar-refractivity contribution >= 4 is 10.9 Å². The molecule has 0 fully saturated rings. The lowest BCUT2D eigenvalue weighted by atomic mass is 10.1. The quantitative estimate of drug-likeness (QED) is 0.857. The fourth-order valence-corrected chi connectivity index (χ4v) is 2.12. The molecule has 0 aliphatic carbocycles. The molecule has 2 rings (SSSR count). The zero-order chi connectivity index (χ0) is 11.7. The average Bonchev–Trinajstić information content (AvgIpc) is 2.54. The van der Waals surface area contributed by atoms with Crippen LogP contribution >= 0.6 is 0 Å².